The van der Waals surface area contributed by atoms with Crippen molar-refractivity contribution < 1.29 is 14.1 Å². The minimum absolute atomic E-state index is 0.124. The number of ether oxygens (including phenoxy) is 1. The van der Waals surface area contributed by atoms with Crippen LogP contribution >= 0.6 is 0 Å². The van der Waals surface area contributed by atoms with Crippen LogP contribution in [0, 0.1) is 0 Å². The van der Waals surface area contributed by atoms with E-state index in [2.05, 4.69) is 10.5 Å². The number of nitrogens with one attached hydrogen (secondary N) is 1. The molecule has 0 aliphatic carbocycles. The first-order chi connectivity index (χ1) is 11.3. The van der Waals surface area contributed by atoms with Crippen molar-refractivity contribution in [1.82, 2.24) is 10.5 Å². The third-order valence-electron chi connectivity index (χ3n) is 3.35. The van der Waals surface area contributed by atoms with E-state index in [1.165, 1.54) is 0 Å². The number of hydrogen-bond acceptors (Lipinski definition) is 4. The summed E-state index contributed by atoms with van der Waals surface area (Å²) in [5.41, 5.74) is 2.27. The summed E-state index contributed by atoms with van der Waals surface area (Å²) in [4.78, 5) is 11.5. The molecule has 116 valence electrons. The van der Waals surface area contributed by atoms with Gasteiger partial charge in [-0.05, 0) is 24.3 Å². The fourth-order valence-electron chi connectivity index (χ4n) is 2.12. The summed E-state index contributed by atoms with van der Waals surface area (Å²) < 4.78 is 11.0. The van der Waals surface area contributed by atoms with Gasteiger partial charge in [0.05, 0.1) is 0 Å². The maximum Gasteiger partial charge on any atom is 0.251 e. The van der Waals surface area contributed by atoms with Crippen LogP contribution in [0.1, 0.15) is 16.1 Å². The lowest BCUT2D eigenvalue weighted by Crippen LogP contribution is -2.17. The molecule has 1 heterocycles. The Morgan fingerprint density at radius 1 is 1.13 bits per heavy atom. The largest absolute Gasteiger partial charge is 0.487 e. The van der Waals surface area contributed by atoms with Crippen molar-refractivity contribution in [3.05, 3.63) is 71.9 Å². The SMILES string of the molecule is CNC(=O)c1ccc(OCc2cc(-c3ccccc3)on2)cc1. The molecular weight excluding hydrogens is 292 g/mol. The van der Waals surface area contributed by atoms with Crippen LogP contribution in [0.15, 0.2) is 65.2 Å². The lowest BCUT2D eigenvalue weighted by molar-refractivity contribution is 0.0963. The third-order valence-corrected chi connectivity index (χ3v) is 3.35. The predicted molar refractivity (Wildman–Crippen MR) is 86.1 cm³/mol. The van der Waals surface area contributed by atoms with Crippen molar-refractivity contribution in [2.75, 3.05) is 7.05 Å². The third kappa shape index (κ3) is 3.58. The van der Waals surface area contributed by atoms with Crippen molar-refractivity contribution in [2.45, 2.75) is 6.61 Å². The molecule has 1 aromatic heterocycles. The molecule has 0 aliphatic rings. The van der Waals surface area contributed by atoms with Crippen LogP contribution in [-0.2, 0) is 6.61 Å². The molecule has 0 saturated heterocycles. The predicted octanol–water partition coefficient (Wildman–Crippen LogP) is 3.28. The highest BCUT2D eigenvalue weighted by atomic mass is 16.5. The van der Waals surface area contributed by atoms with Gasteiger partial charge in [0.1, 0.15) is 18.1 Å². The van der Waals surface area contributed by atoms with Crippen molar-refractivity contribution in [1.29, 1.82) is 0 Å². The molecule has 5 nitrogen and oxygen atoms in total. The minimum Gasteiger partial charge on any atom is -0.487 e. The molecule has 0 unspecified atom stereocenters. The molecule has 2 aromatic carbocycles. The van der Waals surface area contributed by atoms with Crippen molar-refractivity contribution >= 4 is 5.91 Å². The van der Waals surface area contributed by atoms with Gasteiger partial charge in [0, 0.05) is 24.2 Å². The first kappa shape index (κ1) is 14.8. The molecule has 0 saturated carbocycles. The molecule has 3 rings (SSSR count). The molecule has 3 aromatic rings. The van der Waals surface area contributed by atoms with Crippen LogP contribution in [0.25, 0.3) is 11.3 Å². The number of aromatic nitrogens is 1. The molecule has 0 aliphatic heterocycles. The molecule has 0 fully saturated rings. The Hall–Kier alpha value is -3.08. The molecular formula is C18H16N2O3. The second kappa shape index (κ2) is 6.79. The van der Waals surface area contributed by atoms with Gasteiger partial charge in [0.2, 0.25) is 0 Å². The van der Waals surface area contributed by atoms with Gasteiger partial charge in [0.15, 0.2) is 5.76 Å². The van der Waals surface area contributed by atoms with Gasteiger partial charge in [-0.15, -0.1) is 0 Å². The van der Waals surface area contributed by atoms with E-state index in [0.717, 1.165) is 5.56 Å². The van der Waals surface area contributed by atoms with Gasteiger partial charge in [-0.1, -0.05) is 35.5 Å². The smallest absolute Gasteiger partial charge is 0.251 e. The lowest BCUT2D eigenvalue weighted by atomic mass is 10.2. The monoisotopic (exact) mass is 308 g/mol. The summed E-state index contributed by atoms with van der Waals surface area (Å²) in [6, 6.07) is 18.6. The number of carbonyl (C=O) groups is 1. The quantitative estimate of drug-likeness (QED) is 0.785. The summed E-state index contributed by atoms with van der Waals surface area (Å²) in [7, 11) is 1.60. The van der Waals surface area contributed by atoms with Crippen LogP contribution in [0.5, 0.6) is 5.75 Å². The van der Waals surface area contributed by atoms with Crippen LogP contribution in [0.2, 0.25) is 0 Å². The topological polar surface area (TPSA) is 64.4 Å². The fourth-order valence-corrected chi connectivity index (χ4v) is 2.12. The van der Waals surface area contributed by atoms with E-state index in [-0.39, 0.29) is 5.91 Å². The van der Waals surface area contributed by atoms with Crippen LogP contribution in [0.3, 0.4) is 0 Å². The summed E-state index contributed by atoms with van der Waals surface area (Å²) >= 11 is 0. The zero-order chi connectivity index (χ0) is 16.1. The average Bonchev–Trinajstić information content (AvgIpc) is 3.09. The number of hydrogen-bond donors (Lipinski definition) is 1. The lowest BCUT2D eigenvalue weighted by Gasteiger charge is -2.04. The standard InChI is InChI=1S/C18H16N2O3/c1-19-18(21)14-7-9-16(10-8-14)22-12-15-11-17(23-20-15)13-5-3-2-4-6-13/h2-11H,12H2,1H3,(H,19,21). The highest BCUT2D eigenvalue weighted by Crippen LogP contribution is 2.21. The van der Waals surface area contributed by atoms with Gasteiger partial charge >= 0.3 is 0 Å². The Kier molecular flexibility index (Phi) is 4.38. The molecule has 1 N–H and O–H groups in total. The summed E-state index contributed by atoms with van der Waals surface area (Å²) in [6.45, 7) is 0.301. The Morgan fingerprint density at radius 3 is 2.57 bits per heavy atom. The second-order valence-corrected chi connectivity index (χ2v) is 4.94. The number of rotatable bonds is 5. The average molecular weight is 308 g/mol. The van der Waals surface area contributed by atoms with E-state index in [1.54, 1.807) is 31.3 Å². The van der Waals surface area contributed by atoms with Crippen molar-refractivity contribution in [3.63, 3.8) is 0 Å². The fraction of sp³-hybridized carbons (Fsp3) is 0.111. The van der Waals surface area contributed by atoms with E-state index >= 15 is 0 Å². The molecule has 0 spiro atoms. The Bertz CT molecular complexity index is 780. The van der Waals surface area contributed by atoms with Gasteiger partial charge in [-0.3, -0.25) is 4.79 Å². The normalized spacial score (nSPS) is 10.3. The van der Waals surface area contributed by atoms with Gasteiger partial charge in [0.25, 0.3) is 5.91 Å². The highest BCUT2D eigenvalue weighted by Gasteiger charge is 2.07. The molecule has 23 heavy (non-hydrogen) atoms. The van der Waals surface area contributed by atoms with Gasteiger partial charge in [-0.2, -0.15) is 0 Å². The maximum absolute atomic E-state index is 11.5. The van der Waals surface area contributed by atoms with Crippen molar-refractivity contribution in [3.8, 4) is 17.1 Å². The number of nitrogens with zero attached hydrogens (tertiary/aromatic N) is 1. The maximum atomic E-state index is 11.5. The molecule has 5 heteroatoms. The summed E-state index contributed by atoms with van der Waals surface area (Å²) in [6.07, 6.45) is 0. The van der Waals surface area contributed by atoms with Crippen LogP contribution in [-0.4, -0.2) is 18.1 Å². The van der Waals surface area contributed by atoms with Gasteiger partial charge < -0.3 is 14.6 Å². The second-order valence-electron chi connectivity index (χ2n) is 4.94. The van der Waals surface area contributed by atoms with E-state index in [1.807, 2.05) is 36.4 Å². The number of amides is 1. The van der Waals surface area contributed by atoms with E-state index in [9.17, 15) is 4.79 Å². The van der Waals surface area contributed by atoms with E-state index < -0.39 is 0 Å². The van der Waals surface area contributed by atoms with E-state index in [0.29, 0.717) is 29.4 Å². The zero-order valence-electron chi connectivity index (χ0n) is 12.7. The Morgan fingerprint density at radius 2 is 1.87 bits per heavy atom. The molecule has 0 radical (unpaired) electrons. The highest BCUT2D eigenvalue weighted by molar-refractivity contribution is 5.94. The van der Waals surface area contributed by atoms with Crippen molar-refractivity contribution in [2.24, 2.45) is 0 Å². The van der Waals surface area contributed by atoms with E-state index in [4.69, 9.17) is 9.26 Å². The molecule has 1 amide bonds. The molecule has 0 bridgehead atoms. The van der Waals surface area contributed by atoms with Crippen LogP contribution in [0.4, 0.5) is 0 Å². The van der Waals surface area contributed by atoms with Crippen LogP contribution < -0.4 is 10.1 Å². The first-order valence-electron chi connectivity index (χ1n) is 7.22. The minimum atomic E-state index is -0.124. The number of carbonyl (C=O) groups excluding carboxylic acids is 1. The molecule has 0 atom stereocenters. The Balaban J connectivity index is 1.63. The number of benzene rings is 2. The Labute approximate surface area is 133 Å². The van der Waals surface area contributed by atoms with Gasteiger partial charge in [-0.25, -0.2) is 0 Å². The summed E-state index contributed by atoms with van der Waals surface area (Å²) in [5.74, 6) is 1.25. The summed E-state index contributed by atoms with van der Waals surface area (Å²) in [5, 5.41) is 6.58. The zero-order valence-corrected chi connectivity index (χ0v) is 12.7. The first-order valence-corrected chi connectivity index (χ1v) is 7.22.